The fraction of sp³-hybridized carbons (Fsp3) is 0.463. The Morgan fingerprint density at radius 2 is 1.49 bits per heavy atom. The Hall–Kier alpha value is -4.28. The molecule has 4 N–H and O–H groups in total. The van der Waals surface area contributed by atoms with E-state index in [-0.39, 0.29) is 37.2 Å². The summed E-state index contributed by atoms with van der Waals surface area (Å²) in [4.78, 5) is 57.5. The predicted octanol–water partition coefficient (Wildman–Crippen LogP) is 7.90. The zero-order valence-corrected chi connectivity index (χ0v) is 31.8. The number of ketones is 1. The van der Waals surface area contributed by atoms with E-state index in [0.717, 1.165) is 27.1 Å². The van der Waals surface area contributed by atoms with Gasteiger partial charge >= 0.3 is 12.1 Å². The summed E-state index contributed by atoms with van der Waals surface area (Å²) in [5, 5.41) is 4.69. The molecule has 0 bridgehead atoms. The Bertz CT molecular complexity index is 1660. The number of amides is 2. The zero-order chi connectivity index (χ0) is 37.5. The second kappa shape index (κ2) is 16.8. The monoisotopic (exact) mass is 715 g/mol. The van der Waals surface area contributed by atoms with Gasteiger partial charge in [0.1, 0.15) is 12.2 Å². The van der Waals surface area contributed by atoms with Crippen molar-refractivity contribution in [3.05, 3.63) is 88.1 Å². The van der Waals surface area contributed by atoms with E-state index in [1.165, 1.54) is 11.3 Å². The van der Waals surface area contributed by atoms with Crippen LogP contribution in [0.15, 0.2) is 72.1 Å². The smallest absolute Gasteiger partial charge is 0.407 e. The Balaban J connectivity index is 1.73. The molecule has 4 rings (SSSR count). The van der Waals surface area contributed by atoms with Gasteiger partial charge in [-0.2, -0.15) is 0 Å². The van der Waals surface area contributed by atoms with Crippen LogP contribution >= 0.6 is 11.3 Å². The standard InChI is InChI=1S/C41H53N3O6S/c1-25(2)22-33(37(46)44-42)35(38(47)50-40(6,7)8)41(23-26(3)4,20-19-28-14-13-21-51-28)36(45)27(5)43-39(48)49-24-34-31-17-11-9-15-29(31)30-16-10-12-18-32(30)34/h9-21,25-27,33-35H,22-24,42H2,1-8H3,(H,43,48)(H,44,46)/t27-,33-,35?,41?/m1/s1. The summed E-state index contributed by atoms with van der Waals surface area (Å²) in [6.07, 6.45) is 3.26. The van der Waals surface area contributed by atoms with Crippen LogP contribution in [0.1, 0.15) is 90.2 Å². The number of fused-ring (bicyclic) bond motifs is 3. The molecular formula is C41H53N3O6S. The van der Waals surface area contributed by atoms with Gasteiger partial charge in [0, 0.05) is 10.8 Å². The Morgan fingerprint density at radius 1 is 0.882 bits per heavy atom. The van der Waals surface area contributed by atoms with Crippen LogP contribution in [0.5, 0.6) is 0 Å². The minimum absolute atomic E-state index is 0.0262. The number of benzene rings is 2. The lowest BCUT2D eigenvalue weighted by atomic mass is 9.60. The van der Waals surface area contributed by atoms with Gasteiger partial charge in [-0.25, -0.2) is 10.6 Å². The Morgan fingerprint density at radius 3 is 2.00 bits per heavy atom. The van der Waals surface area contributed by atoms with E-state index in [4.69, 9.17) is 15.3 Å². The topological polar surface area (TPSA) is 137 Å². The fourth-order valence-electron chi connectivity index (χ4n) is 7.32. The molecule has 0 aliphatic heterocycles. The van der Waals surface area contributed by atoms with Crippen molar-refractivity contribution < 1.29 is 28.7 Å². The summed E-state index contributed by atoms with van der Waals surface area (Å²) in [5.41, 5.74) is 4.11. The number of nitrogens with two attached hydrogens (primary N) is 1. The zero-order valence-electron chi connectivity index (χ0n) is 31.0. The highest BCUT2D eigenvalue weighted by Gasteiger charge is 2.55. The lowest BCUT2D eigenvalue weighted by molar-refractivity contribution is -0.172. The first-order valence-electron chi connectivity index (χ1n) is 17.7. The molecule has 0 saturated carbocycles. The first-order chi connectivity index (χ1) is 24.1. The number of hydrogen-bond acceptors (Lipinski definition) is 8. The van der Waals surface area contributed by atoms with Gasteiger partial charge in [0.25, 0.3) is 0 Å². The van der Waals surface area contributed by atoms with Crippen LogP contribution in [-0.2, 0) is 23.9 Å². The number of ether oxygens (including phenoxy) is 2. The Labute approximate surface area is 306 Å². The number of hydrazine groups is 1. The van der Waals surface area contributed by atoms with Crippen LogP contribution in [0.25, 0.3) is 17.2 Å². The second-order valence-electron chi connectivity index (χ2n) is 15.3. The highest BCUT2D eigenvalue weighted by molar-refractivity contribution is 7.10. The number of hydrogen-bond donors (Lipinski definition) is 3. The van der Waals surface area contributed by atoms with Crippen molar-refractivity contribution in [2.75, 3.05) is 6.61 Å². The van der Waals surface area contributed by atoms with Gasteiger partial charge in [-0.05, 0) is 92.1 Å². The van der Waals surface area contributed by atoms with Crippen LogP contribution in [-0.4, -0.2) is 42.0 Å². The molecule has 1 heterocycles. The largest absolute Gasteiger partial charge is 0.460 e. The molecule has 274 valence electrons. The minimum Gasteiger partial charge on any atom is -0.460 e. The van der Waals surface area contributed by atoms with E-state index in [9.17, 15) is 14.4 Å². The van der Waals surface area contributed by atoms with Crippen molar-refractivity contribution in [2.45, 2.75) is 85.8 Å². The molecule has 1 aliphatic rings. The van der Waals surface area contributed by atoms with Crippen molar-refractivity contribution in [1.29, 1.82) is 0 Å². The van der Waals surface area contributed by atoms with E-state index in [1.54, 1.807) is 33.8 Å². The van der Waals surface area contributed by atoms with Crippen LogP contribution in [0.3, 0.4) is 0 Å². The molecule has 1 aliphatic carbocycles. The molecule has 10 heteroatoms. The molecular weight excluding hydrogens is 663 g/mol. The van der Waals surface area contributed by atoms with Crippen molar-refractivity contribution in [1.82, 2.24) is 10.7 Å². The molecule has 0 radical (unpaired) electrons. The first kappa shape index (κ1) is 39.5. The molecule has 9 nitrogen and oxygen atoms in total. The molecule has 2 aromatic carbocycles. The summed E-state index contributed by atoms with van der Waals surface area (Å²) in [5.74, 6) is 1.47. The molecule has 0 saturated heterocycles. The summed E-state index contributed by atoms with van der Waals surface area (Å²) < 4.78 is 11.8. The number of allylic oxidation sites excluding steroid dienone is 1. The third kappa shape index (κ3) is 9.54. The van der Waals surface area contributed by atoms with E-state index in [2.05, 4.69) is 22.9 Å². The van der Waals surface area contributed by atoms with Crippen LogP contribution < -0.4 is 16.6 Å². The van der Waals surface area contributed by atoms with Crippen LogP contribution in [0.4, 0.5) is 4.79 Å². The van der Waals surface area contributed by atoms with E-state index >= 15 is 4.79 Å². The second-order valence-corrected chi connectivity index (χ2v) is 16.3. The van der Waals surface area contributed by atoms with Gasteiger partial charge < -0.3 is 14.8 Å². The molecule has 3 aromatic rings. The van der Waals surface area contributed by atoms with Gasteiger partial charge in [-0.15, -0.1) is 11.3 Å². The molecule has 2 amide bonds. The molecule has 4 atom stereocenters. The highest BCUT2D eigenvalue weighted by Crippen LogP contribution is 2.47. The number of thiophene rings is 1. The number of esters is 1. The predicted molar refractivity (Wildman–Crippen MR) is 203 cm³/mol. The number of Topliss-reactive ketones (excluding diaryl/α,β-unsaturated/α-hetero) is 1. The molecule has 0 spiro atoms. The van der Waals surface area contributed by atoms with Crippen LogP contribution in [0.2, 0.25) is 0 Å². The minimum atomic E-state index is -1.58. The van der Waals surface area contributed by atoms with E-state index in [1.807, 2.05) is 87.7 Å². The summed E-state index contributed by atoms with van der Waals surface area (Å²) >= 11 is 1.48. The number of carbonyl (C=O) groups excluding carboxylic acids is 4. The van der Waals surface area contributed by atoms with Gasteiger partial charge in [-0.3, -0.25) is 19.8 Å². The lowest BCUT2D eigenvalue weighted by Crippen LogP contribution is -2.56. The highest BCUT2D eigenvalue weighted by atomic mass is 32.1. The first-order valence-corrected chi connectivity index (χ1v) is 18.6. The Kier molecular flexibility index (Phi) is 13.0. The SMILES string of the molecule is CC(C)C[C@@H](C(=O)NN)C(C(=O)OC(C)(C)C)C(C=Cc1cccs1)(CC(C)C)C(=O)[C@@H](C)NC(=O)OCC1c2ccccc2-c2ccccc21. The number of alkyl carbamates (subject to hydrolysis) is 1. The van der Waals surface area contributed by atoms with Gasteiger partial charge in [-0.1, -0.05) is 88.4 Å². The maximum absolute atomic E-state index is 15.1. The molecule has 0 fully saturated rings. The summed E-state index contributed by atoms with van der Waals surface area (Å²) in [6.45, 7) is 14.7. The summed E-state index contributed by atoms with van der Waals surface area (Å²) in [6, 6.07) is 18.8. The number of nitrogens with one attached hydrogen (secondary N) is 2. The van der Waals surface area contributed by atoms with E-state index in [0.29, 0.717) is 0 Å². The number of carbonyl (C=O) groups is 4. The maximum atomic E-state index is 15.1. The molecule has 1 aromatic heterocycles. The van der Waals surface area contributed by atoms with Crippen LogP contribution in [0, 0.1) is 29.1 Å². The lowest BCUT2D eigenvalue weighted by Gasteiger charge is -2.43. The molecule has 2 unspecified atom stereocenters. The average molecular weight is 716 g/mol. The van der Waals surface area contributed by atoms with Crippen molar-refractivity contribution in [3.63, 3.8) is 0 Å². The average Bonchev–Trinajstić information content (AvgIpc) is 3.70. The fourth-order valence-corrected chi connectivity index (χ4v) is 7.94. The molecule has 51 heavy (non-hydrogen) atoms. The normalized spacial score (nSPS) is 15.8. The van der Waals surface area contributed by atoms with Crippen molar-refractivity contribution >= 4 is 41.2 Å². The third-order valence-corrected chi connectivity index (χ3v) is 10.0. The quantitative estimate of drug-likeness (QED) is 0.0630. The van der Waals surface area contributed by atoms with Gasteiger partial charge in [0.15, 0.2) is 5.78 Å². The van der Waals surface area contributed by atoms with Crippen molar-refractivity contribution in [3.8, 4) is 11.1 Å². The third-order valence-electron chi connectivity index (χ3n) is 9.19. The van der Waals surface area contributed by atoms with Gasteiger partial charge in [0.05, 0.1) is 23.3 Å². The number of rotatable bonds is 15. The van der Waals surface area contributed by atoms with Crippen molar-refractivity contribution in [2.24, 2.45) is 34.9 Å². The van der Waals surface area contributed by atoms with E-state index < -0.39 is 52.6 Å². The van der Waals surface area contributed by atoms with Gasteiger partial charge in [0.2, 0.25) is 5.91 Å². The summed E-state index contributed by atoms with van der Waals surface area (Å²) in [7, 11) is 0. The maximum Gasteiger partial charge on any atom is 0.407 e.